The second-order valence-corrected chi connectivity index (χ2v) is 6.88. The topological polar surface area (TPSA) is 80.9 Å². The molecule has 140 valence electrons. The molecule has 1 aromatic carbocycles. The summed E-state index contributed by atoms with van der Waals surface area (Å²) in [4.78, 5) is 20.7. The zero-order valence-corrected chi connectivity index (χ0v) is 15.8. The van der Waals surface area contributed by atoms with Crippen LogP contribution in [0.4, 0.5) is 4.39 Å². The van der Waals surface area contributed by atoms with Crippen molar-refractivity contribution in [2.45, 2.75) is 31.3 Å². The van der Waals surface area contributed by atoms with E-state index in [-0.39, 0.29) is 23.5 Å². The number of benzene rings is 1. The minimum atomic E-state index is -0.297. The number of halogens is 1. The Balaban J connectivity index is 1.51. The number of amides is 1. The highest BCUT2D eigenvalue weighted by molar-refractivity contribution is 7.99. The molecular formula is C19H19FN4O2S. The Kier molecular flexibility index (Phi) is 6.18. The fourth-order valence-electron chi connectivity index (χ4n) is 2.36. The number of aromatic nitrogens is 3. The maximum Gasteiger partial charge on any atom is 0.259 e. The van der Waals surface area contributed by atoms with Gasteiger partial charge in [0.05, 0.1) is 22.4 Å². The smallest absolute Gasteiger partial charge is 0.259 e. The summed E-state index contributed by atoms with van der Waals surface area (Å²) >= 11 is 1.33. The molecule has 2 heterocycles. The minimum absolute atomic E-state index is 0.118. The van der Waals surface area contributed by atoms with Crippen LogP contribution in [0.15, 0.2) is 52.1 Å². The molecule has 8 heteroatoms. The molecule has 0 fully saturated rings. The van der Waals surface area contributed by atoms with E-state index in [1.165, 1.54) is 23.9 Å². The van der Waals surface area contributed by atoms with Crippen molar-refractivity contribution in [1.29, 1.82) is 0 Å². The quantitative estimate of drug-likeness (QED) is 0.622. The third-order valence-electron chi connectivity index (χ3n) is 3.87. The molecule has 1 atom stereocenters. The van der Waals surface area contributed by atoms with Gasteiger partial charge in [-0.15, -0.1) is 0 Å². The summed E-state index contributed by atoms with van der Waals surface area (Å²) in [6.07, 6.45) is 2.35. The SMILES string of the molecule is CCc1noc(-c2ccc(SCC(=O)NC(C)c3ccc(F)cc3)nc2)n1. The van der Waals surface area contributed by atoms with Gasteiger partial charge in [0.1, 0.15) is 5.82 Å². The maximum absolute atomic E-state index is 13.0. The molecule has 0 aliphatic carbocycles. The van der Waals surface area contributed by atoms with Crippen LogP contribution in [0.5, 0.6) is 0 Å². The maximum atomic E-state index is 13.0. The van der Waals surface area contributed by atoms with E-state index < -0.39 is 0 Å². The minimum Gasteiger partial charge on any atom is -0.349 e. The number of hydrogen-bond donors (Lipinski definition) is 1. The molecule has 6 nitrogen and oxygen atoms in total. The number of nitrogens with zero attached hydrogens (tertiary/aromatic N) is 3. The highest BCUT2D eigenvalue weighted by Crippen LogP contribution is 2.21. The summed E-state index contributed by atoms with van der Waals surface area (Å²) in [7, 11) is 0. The number of carbonyl (C=O) groups excluding carboxylic acids is 1. The van der Waals surface area contributed by atoms with Crippen molar-refractivity contribution in [3.05, 3.63) is 59.8 Å². The van der Waals surface area contributed by atoms with E-state index in [4.69, 9.17) is 4.52 Å². The third-order valence-corrected chi connectivity index (χ3v) is 4.81. The van der Waals surface area contributed by atoms with Crippen molar-refractivity contribution in [2.24, 2.45) is 0 Å². The van der Waals surface area contributed by atoms with Crippen LogP contribution in [0.1, 0.15) is 31.3 Å². The molecule has 1 unspecified atom stereocenters. The van der Waals surface area contributed by atoms with Gasteiger partial charge >= 0.3 is 0 Å². The van der Waals surface area contributed by atoms with E-state index in [0.29, 0.717) is 18.1 Å². The van der Waals surface area contributed by atoms with Crippen molar-refractivity contribution < 1.29 is 13.7 Å². The number of aryl methyl sites for hydroxylation is 1. The highest BCUT2D eigenvalue weighted by atomic mass is 32.2. The molecule has 2 aromatic heterocycles. The molecule has 0 bridgehead atoms. The Morgan fingerprint density at radius 2 is 2.04 bits per heavy atom. The van der Waals surface area contributed by atoms with Gasteiger partial charge in [0.2, 0.25) is 5.91 Å². The van der Waals surface area contributed by atoms with Crippen molar-refractivity contribution >= 4 is 17.7 Å². The molecule has 1 N–H and O–H groups in total. The average Bonchev–Trinajstić information content (AvgIpc) is 3.16. The number of hydrogen-bond acceptors (Lipinski definition) is 6. The van der Waals surface area contributed by atoms with E-state index in [2.05, 4.69) is 20.4 Å². The number of thioether (sulfide) groups is 1. The van der Waals surface area contributed by atoms with Crippen LogP contribution in [0, 0.1) is 5.82 Å². The zero-order valence-electron chi connectivity index (χ0n) is 15.0. The van der Waals surface area contributed by atoms with Crippen LogP contribution in [-0.2, 0) is 11.2 Å². The Bertz CT molecular complexity index is 897. The first-order chi connectivity index (χ1) is 13.0. The monoisotopic (exact) mass is 386 g/mol. The van der Waals surface area contributed by atoms with Gasteiger partial charge in [0.15, 0.2) is 5.82 Å². The molecule has 0 radical (unpaired) electrons. The molecule has 0 spiro atoms. The van der Waals surface area contributed by atoms with Gasteiger partial charge in [0, 0.05) is 12.6 Å². The normalized spacial score (nSPS) is 12.0. The summed E-state index contributed by atoms with van der Waals surface area (Å²) in [6.45, 7) is 3.81. The van der Waals surface area contributed by atoms with Gasteiger partial charge in [0.25, 0.3) is 5.89 Å². The van der Waals surface area contributed by atoms with Crippen LogP contribution >= 0.6 is 11.8 Å². The van der Waals surface area contributed by atoms with Gasteiger partial charge in [-0.05, 0) is 36.8 Å². The first-order valence-corrected chi connectivity index (χ1v) is 9.50. The highest BCUT2D eigenvalue weighted by Gasteiger charge is 2.12. The summed E-state index contributed by atoms with van der Waals surface area (Å²) in [5.74, 6) is 0.900. The summed E-state index contributed by atoms with van der Waals surface area (Å²) in [6, 6.07) is 9.54. The van der Waals surface area contributed by atoms with Gasteiger partial charge in [-0.2, -0.15) is 4.98 Å². The Morgan fingerprint density at radius 3 is 2.67 bits per heavy atom. The van der Waals surface area contributed by atoms with Crippen molar-refractivity contribution in [3.63, 3.8) is 0 Å². The number of nitrogens with one attached hydrogen (secondary N) is 1. The number of carbonyl (C=O) groups is 1. The number of pyridine rings is 1. The summed E-state index contributed by atoms with van der Waals surface area (Å²) in [5, 5.41) is 7.47. The Hall–Kier alpha value is -2.74. The first kappa shape index (κ1) is 19.0. The third kappa shape index (κ3) is 5.13. The van der Waals surface area contributed by atoms with E-state index >= 15 is 0 Å². The predicted octanol–water partition coefficient (Wildman–Crippen LogP) is 3.80. The molecule has 3 rings (SSSR count). The molecule has 0 saturated heterocycles. The molecule has 3 aromatic rings. The van der Waals surface area contributed by atoms with E-state index in [9.17, 15) is 9.18 Å². The number of rotatable bonds is 7. The van der Waals surface area contributed by atoms with Crippen molar-refractivity contribution in [1.82, 2.24) is 20.4 Å². The Morgan fingerprint density at radius 1 is 1.26 bits per heavy atom. The second kappa shape index (κ2) is 8.77. The van der Waals surface area contributed by atoms with Gasteiger partial charge < -0.3 is 9.84 Å². The molecule has 0 aliphatic heterocycles. The molecule has 0 aliphatic rings. The molecule has 1 amide bonds. The van der Waals surface area contributed by atoms with E-state index in [1.54, 1.807) is 18.3 Å². The van der Waals surface area contributed by atoms with Gasteiger partial charge in [-0.1, -0.05) is 36.0 Å². The van der Waals surface area contributed by atoms with Gasteiger partial charge in [-0.3, -0.25) is 4.79 Å². The van der Waals surface area contributed by atoms with Crippen LogP contribution in [0.3, 0.4) is 0 Å². The largest absolute Gasteiger partial charge is 0.349 e. The van der Waals surface area contributed by atoms with Crippen LogP contribution in [-0.4, -0.2) is 26.8 Å². The summed E-state index contributed by atoms with van der Waals surface area (Å²) < 4.78 is 18.1. The van der Waals surface area contributed by atoms with Crippen LogP contribution in [0.2, 0.25) is 0 Å². The fourth-order valence-corrected chi connectivity index (χ4v) is 3.02. The van der Waals surface area contributed by atoms with E-state index in [0.717, 1.165) is 16.2 Å². The zero-order chi connectivity index (χ0) is 19.2. The second-order valence-electron chi connectivity index (χ2n) is 5.88. The fraction of sp³-hybridized carbons (Fsp3) is 0.263. The summed E-state index contributed by atoms with van der Waals surface area (Å²) in [5.41, 5.74) is 1.59. The standard InChI is InChI=1S/C19H19FN4O2S/c1-3-16-23-19(26-24-16)14-6-9-18(21-10-14)27-11-17(25)22-12(2)13-4-7-15(20)8-5-13/h4-10,12H,3,11H2,1-2H3,(H,22,25). The van der Waals surface area contributed by atoms with Gasteiger partial charge in [-0.25, -0.2) is 9.37 Å². The van der Waals surface area contributed by atoms with E-state index in [1.807, 2.05) is 26.0 Å². The lowest BCUT2D eigenvalue weighted by atomic mass is 10.1. The van der Waals surface area contributed by atoms with Crippen LogP contribution in [0.25, 0.3) is 11.5 Å². The molecule has 0 saturated carbocycles. The van der Waals surface area contributed by atoms with Crippen molar-refractivity contribution in [3.8, 4) is 11.5 Å². The van der Waals surface area contributed by atoms with Crippen molar-refractivity contribution in [2.75, 3.05) is 5.75 Å². The lowest BCUT2D eigenvalue weighted by Gasteiger charge is -2.14. The lowest BCUT2D eigenvalue weighted by molar-refractivity contribution is -0.119. The average molecular weight is 386 g/mol. The predicted molar refractivity (Wildman–Crippen MR) is 101 cm³/mol. The first-order valence-electron chi connectivity index (χ1n) is 8.51. The Labute approximate surface area is 160 Å². The molecular weight excluding hydrogens is 367 g/mol. The molecule has 27 heavy (non-hydrogen) atoms. The van der Waals surface area contributed by atoms with Crippen LogP contribution < -0.4 is 5.32 Å². The lowest BCUT2D eigenvalue weighted by Crippen LogP contribution is -2.28.